The highest BCUT2D eigenvalue weighted by Gasteiger charge is 2.36. The second-order valence-corrected chi connectivity index (χ2v) is 7.90. The normalized spacial score (nSPS) is 15.0. The van der Waals surface area contributed by atoms with E-state index in [0.29, 0.717) is 30.0 Å². The van der Waals surface area contributed by atoms with E-state index in [2.05, 4.69) is 5.32 Å². The Hall–Kier alpha value is -4.26. The molecule has 4 amide bonds. The van der Waals surface area contributed by atoms with E-state index in [-0.39, 0.29) is 11.4 Å². The molecule has 1 N–H and O–H groups in total. The summed E-state index contributed by atoms with van der Waals surface area (Å²) in [4.78, 5) is 39.0. The minimum absolute atomic E-state index is 0.165. The van der Waals surface area contributed by atoms with E-state index in [0.717, 1.165) is 21.6 Å². The van der Waals surface area contributed by atoms with E-state index in [1.807, 2.05) is 32.0 Å². The van der Waals surface area contributed by atoms with Gasteiger partial charge in [-0.1, -0.05) is 36.4 Å². The number of hydrogen-bond donors (Lipinski definition) is 1. The molecule has 0 spiro atoms. The third-order valence-electron chi connectivity index (χ3n) is 5.35. The van der Waals surface area contributed by atoms with Gasteiger partial charge in [-0.2, -0.15) is 0 Å². The first-order valence-corrected chi connectivity index (χ1v) is 10.8. The van der Waals surface area contributed by atoms with Crippen LogP contribution in [0.3, 0.4) is 0 Å². The summed E-state index contributed by atoms with van der Waals surface area (Å²) < 4.78 is 19.4. The third-order valence-corrected chi connectivity index (χ3v) is 5.35. The second kappa shape index (κ2) is 9.70. The molecule has 0 atom stereocenters. The molecule has 1 aliphatic heterocycles. The molecule has 34 heavy (non-hydrogen) atoms. The predicted molar refractivity (Wildman–Crippen MR) is 127 cm³/mol. The van der Waals surface area contributed by atoms with Gasteiger partial charge in [0, 0.05) is 6.42 Å². The van der Waals surface area contributed by atoms with Crippen LogP contribution < -0.4 is 15.0 Å². The Morgan fingerprint density at radius 2 is 1.79 bits per heavy atom. The number of carbonyl (C=O) groups excluding carboxylic acids is 3. The number of hydrogen-bond acceptors (Lipinski definition) is 4. The van der Waals surface area contributed by atoms with Crippen molar-refractivity contribution in [3.05, 3.63) is 100 Å². The number of aryl methyl sites for hydroxylation is 1. The Labute approximate surface area is 196 Å². The molecule has 7 heteroatoms. The number of benzene rings is 3. The van der Waals surface area contributed by atoms with Crippen LogP contribution in [0.15, 0.2) is 72.3 Å². The molecule has 1 fully saturated rings. The summed E-state index contributed by atoms with van der Waals surface area (Å²) in [5.41, 5.74) is 3.27. The summed E-state index contributed by atoms with van der Waals surface area (Å²) in [6.45, 7) is 4.10. The molecule has 1 aliphatic rings. The maximum absolute atomic E-state index is 13.6. The molecular formula is C27H23FN2O4. The van der Waals surface area contributed by atoms with Crippen LogP contribution in [0.2, 0.25) is 0 Å². The number of nitrogens with zero attached hydrogens (tertiary/aromatic N) is 1. The van der Waals surface area contributed by atoms with Crippen molar-refractivity contribution >= 4 is 29.6 Å². The monoisotopic (exact) mass is 458 g/mol. The van der Waals surface area contributed by atoms with E-state index in [9.17, 15) is 18.8 Å². The molecule has 0 aromatic heterocycles. The minimum Gasteiger partial charge on any atom is -0.494 e. The number of carbonyl (C=O) groups is 3. The zero-order valence-electron chi connectivity index (χ0n) is 18.8. The topological polar surface area (TPSA) is 75.7 Å². The van der Waals surface area contributed by atoms with E-state index in [1.54, 1.807) is 36.4 Å². The van der Waals surface area contributed by atoms with Gasteiger partial charge in [0.15, 0.2) is 0 Å². The molecule has 0 bridgehead atoms. The number of ether oxygens (including phenoxy) is 1. The highest BCUT2D eigenvalue weighted by molar-refractivity contribution is 6.39. The number of rotatable bonds is 6. The Kier molecular flexibility index (Phi) is 6.54. The summed E-state index contributed by atoms with van der Waals surface area (Å²) in [6.07, 6.45) is 1.89. The van der Waals surface area contributed by atoms with Crippen LogP contribution in [0.25, 0.3) is 6.08 Å². The number of anilines is 1. The summed E-state index contributed by atoms with van der Waals surface area (Å²) in [5, 5.41) is 2.23. The van der Waals surface area contributed by atoms with Gasteiger partial charge in [-0.05, 0) is 72.5 Å². The molecule has 4 rings (SSSR count). The minimum atomic E-state index is -0.793. The second-order valence-electron chi connectivity index (χ2n) is 7.90. The van der Waals surface area contributed by atoms with Gasteiger partial charge in [0.2, 0.25) is 0 Å². The van der Waals surface area contributed by atoms with Crippen LogP contribution >= 0.6 is 0 Å². The van der Waals surface area contributed by atoms with Crippen LogP contribution in [0.1, 0.15) is 29.2 Å². The highest BCUT2D eigenvalue weighted by atomic mass is 19.1. The molecule has 1 heterocycles. The highest BCUT2D eigenvalue weighted by Crippen LogP contribution is 2.27. The van der Waals surface area contributed by atoms with Crippen LogP contribution in [-0.4, -0.2) is 24.5 Å². The number of halogens is 1. The number of amides is 4. The summed E-state index contributed by atoms with van der Waals surface area (Å²) >= 11 is 0. The fourth-order valence-corrected chi connectivity index (χ4v) is 3.79. The molecule has 0 aliphatic carbocycles. The molecule has 3 aromatic rings. The van der Waals surface area contributed by atoms with Gasteiger partial charge < -0.3 is 4.74 Å². The lowest BCUT2D eigenvalue weighted by Crippen LogP contribution is -2.54. The molecule has 172 valence electrons. The standard InChI is InChI=1S/C27H23FN2O4/c1-3-34-24-16-19(10-11-20(24)13-18-7-5-8-21(28)14-18)15-23-25(31)29-27(33)30(26(23)32)22-9-4-6-17(2)12-22/h4-12,14-16H,3,13H2,1-2H3,(H,29,31,33)/b23-15+. The summed E-state index contributed by atoms with van der Waals surface area (Å²) in [7, 11) is 0. The lowest BCUT2D eigenvalue weighted by Gasteiger charge is -2.26. The number of barbiturate groups is 1. The largest absolute Gasteiger partial charge is 0.494 e. The van der Waals surface area contributed by atoms with Gasteiger partial charge >= 0.3 is 6.03 Å². The Balaban J connectivity index is 1.67. The van der Waals surface area contributed by atoms with Crippen molar-refractivity contribution in [2.75, 3.05) is 11.5 Å². The van der Waals surface area contributed by atoms with Crippen molar-refractivity contribution in [3.63, 3.8) is 0 Å². The molecule has 6 nitrogen and oxygen atoms in total. The van der Waals surface area contributed by atoms with Crippen LogP contribution in [0.4, 0.5) is 14.9 Å². The van der Waals surface area contributed by atoms with Gasteiger partial charge in [0.25, 0.3) is 11.8 Å². The summed E-state index contributed by atoms with van der Waals surface area (Å²) in [6, 6.07) is 17.7. The lowest BCUT2D eigenvalue weighted by molar-refractivity contribution is -0.122. The number of imide groups is 2. The zero-order chi connectivity index (χ0) is 24.2. The molecule has 0 unspecified atom stereocenters. The average Bonchev–Trinajstić information content (AvgIpc) is 2.78. The van der Waals surface area contributed by atoms with Gasteiger partial charge in [-0.15, -0.1) is 0 Å². The zero-order valence-corrected chi connectivity index (χ0v) is 18.8. The summed E-state index contributed by atoms with van der Waals surface area (Å²) in [5.74, 6) is -1.22. The molecular weight excluding hydrogens is 435 g/mol. The van der Waals surface area contributed by atoms with Crippen molar-refractivity contribution in [3.8, 4) is 5.75 Å². The van der Waals surface area contributed by atoms with Crippen molar-refractivity contribution in [2.24, 2.45) is 0 Å². The van der Waals surface area contributed by atoms with E-state index >= 15 is 0 Å². The smallest absolute Gasteiger partial charge is 0.335 e. The van der Waals surface area contributed by atoms with Crippen molar-refractivity contribution in [2.45, 2.75) is 20.3 Å². The lowest BCUT2D eigenvalue weighted by atomic mass is 10.0. The first kappa shape index (κ1) is 22.9. The first-order chi connectivity index (χ1) is 16.4. The van der Waals surface area contributed by atoms with Crippen molar-refractivity contribution in [1.82, 2.24) is 5.32 Å². The molecule has 1 saturated heterocycles. The number of urea groups is 1. The van der Waals surface area contributed by atoms with Crippen molar-refractivity contribution < 1.29 is 23.5 Å². The average molecular weight is 458 g/mol. The van der Waals surface area contributed by atoms with Gasteiger partial charge in [0.05, 0.1) is 12.3 Å². The van der Waals surface area contributed by atoms with Crippen molar-refractivity contribution in [1.29, 1.82) is 0 Å². The first-order valence-electron chi connectivity index (χ1n) is 10.8. The fourth-order valence-electron chi connectivity index (χ4n) is 3.79. The van der Waals surface area contributed by atoms with E-state index < -0.39 is 17.8 Å². The number of nitrogens with one attached hydrogen (secondary N) is 1. The molecule has 0 saturated carbocycles. The van der Waals surface area contributed by atoms with E-state index in [1.165, 1.54) is 18.2 Å². The van der Waals surface area contributed by atoms with Crippen LogP contribution in [0, 0.1) is 12.7 Å². The maximum Gasteiger partial charge on any atom is 0.335 e. The van der Waals surface area contributed by atoms with Gasteiger partial charge in [-0.3, -0.25) is 14.9 Å². The molecule has 3 aromatic carbocycles. The third kappa shape index (κ3) is 4.88. The van der Waals surface area contributed by atoms with Crippen LogP contribution in [-0.2, 0) is 16.0 Å². The van der Waals surface area contributed by atoms with E-state index in [4.69, 9.17) is 4.74 Å². The van der Waals surface area contributed by atoms with Gasteiger partial charge in [-0.25, -0.2) is 14.1 Å². The predicted octanol–water partition coefficient (Wildman–Crippen LogP) is 4.79. The Bertz CT molecular complexity index is 1320. The maximum atomic E-state index is 13.6. The van der Waals surface area contributed by atoms with Gasteiger partial charge in [0.1, 0.15) is 17.1 Å². The quantitative estimate of drug-likeness (QED) is 0.426. The molecule has 0 radical (unpaired) electrons. The SMILES string of the molecule is CCOc1cc(/C=C2\C(=O)NC(=O)N(c3cccc(C)c3)C2=O)ccc1Cc1cccc(F)c1. The van der Waals surface area contributed by atoms with Crippen LogP contribution in [0.5, 0.6) is 5.75 Å². The fraction of sp³-hybridized carbons (Fsp3) is 0.148. The Morgan fingerprint density at radius 3 is 2.53 bits per heavy atom. The Morgan fingerprint density at radius 1 is 1.00 bits per heavy atom.